The van der Waals surface area contributed by atoms with Gasteiger partial charge in [0.05, 0.1) is 6.07 Å². The normalized spacial score (nSPS) is 24.2. The van der Waals surface area contributed by atoms with Crippen molar-refractivity contribution in [2.45, 2.75) is 58.5 Å². The molecule has 1 unspecified atom stereocenters. The third kappa shape index (κ3) is 4.16. The second-order valence-electron chi connectivity index (χ2n) is 7.79. The molecule has 0 amide bonds. The Labute approximate surface area is 146 Å². The largest absolute Gasteiger partial charge is 0.295 e. The Morgan fingerprint density at radius 1 is 1.21 bits per heavy atom. The molecule has 0 aliphatic heterocycles. The van der Waals surface area contributed by atoms with Crippen LogP contribution >= 0.6 is 0 Å². The zero-order valence-corrected chi connectivity index (χ0v) is 15.0. The third-order valence-electron chi connectivity index (χ3n) is 5.49. The molecule has 1 atom stereocenters. The van der Waals surface area contributed by atoms with Crippen LogP contribution in [0.2, 0.25) is 0 Å². The molecule has 0 aromatic heterocycles. The fourth-order valence-electron chi connectivity index (χ4n) is 3.95. The second kappa shape index (κ2) is 7.36. The molecule has 2 heteroatoms. The van der Waals surface area contributed by atoms with Crippen molar-refractivity contribution in [3.8, 4) is 6.07 Å². The van der Waals surface area contributed by atoms with Crippen molar-refractivity contribution in [1.82, 2.24) is 4.90 Å². The number of hydrogen-bond donors (Lipinski definition) is 0. The first kappa shape index (κ1) is 17.0. The molecule has 0 N–H and O–H groups in total. The van der Waals surface area contributed by atoms with Gasteiger partial charge in [0.25, 0.3) is 0 Å². The highest BCUT2D eigenvalue weighted by atomic mass is 15.2. The molecule has 2 aliphatic rings. The fourth-order valence-corrected chi connectivity index (χ4v) is 3.95. The standard InChI is InChI=1S/C22H28N2/c1-18-7-9-20(10-8-18)16-24(21-5-3-4-6-21)17-22(2)13-11-19(15-23)12-14-22/h7-13,21H,3-6,14,16-17H2,1-2H3. The van der Waals surface area contributed by atoms with Crippen LogP contribution in [0.1, 0.15) is 50.2 Å². The SMILES string of the molecule is Cc1ccc(CN(CC2(C)C=CC(C#N)=CC2)C2CCCC2)cc1. The van der Waals surface area contributed by atoms with Crippen molar-refractivity contribution in [2.75, 3.05) is 6.54 Å². The Morgan fingerprint density at radius 2 is 1.92 bits per heavy atom. The predicted octanol–water partition coefficient (Wildman–Crippen LogP) is 5.16. The van der Waals surface area contributed by atoms with Crippen molar-refractivity contribution < 1.29 is 0 Å². The van der Waals surface area contributed by atoms with E-state index < -0.39 is 0 Å². The topological polar surface area (TPSA) is 27.0 Å². The molecule has 0 bridgehead atoms. The maximum atomic E-state index is 9.05. The average Bonchev–Trinajstić information content (AvgIpc) is 3.11. The lowest BCUT2D eigenvalue weighted by atomic mass is 9.81. The molecule has 24 heavy (non-hydrogen) atoms. The lowest BCUT2D eigenvalue weighted by Gasteiger charge is -2.37. The molecule has 0 radical (unpaired) electrons. The highest BCUT2D eigenvalue weighted by Crippen LogP contribution is 2.34. The van der Waals surface area contributed by atoms with E-state index in [4.69, 9.17) is 5.26 Å². The Hall–Kier alpha value is -1.85. The zero-order valence-electron chi connectivity index (χ0n) is 15.0. The van der Waals surface area contributed by atoms with Gasteiger partial charge >= 0.3 is 0 Å². The van der Waals surface area contributed by atoms with Crippen LogP contribution in [0.4, 0.5) is 0 Å². The van der Waals surface area contributed by atoms with E-state index in [9.17, 15) is 0 Å². The monoisotopic (exact) mass is 320 g/mol. The summed E-state index contributed by atoms with van der Waals surface area (Å²) in [6, 6.07) is 11.9. The minimum atomic E-state index is 0.133. The maximum Gasteiger partial charge on any atom is 0.0988 e. The molecular weight excluding hydrogens is 292 g/mol. The van der Waals surface area contributed by atoms with Gasteiger partial charge in [0, 0.05) is 30.1 Å². The van der Waals surface area contributed by atoms with Crippen molar-refractivity contribution in [2.24, 2.45) is 5.41 Å². The molecular formula is C22H28N2. The first-order chi connectivity index (χ1) is 11.6. The van der Waals surface area contributed by atoms with E-state index in [2.05, 4.69) is 61.2 Å². The van der Waals surface area contributed by atoms with E-state index in [0.717, 1.165) is 25.1 Å². The van der Waals surface area contributed by atoms with Gasteiger partial charge in [-0.1, -0.05) is 61.7 Å². The van der Waals surface area contributed by atoms with E-state index in [1.54, 1.807) is 0 Å². The number of benzene rings is 1. The van der Waals surface area contributed by atoms with Crippen LogP contribution in [0.15, 0.2) is 48.1 Å². The van der Waals surface area contributed by atoms with Gasteiger partial charge in [-0.3, -0.25) is 4.90 Å². The molecule has 2 nitrogen and oxygen atoms in total. The molecule has 0 heterocycles. The van der Waals surface area contributed by atoms with Gasteiger partial charge in [0.2, 0.25) is 0 Å². The van der Waals surface area contributed by atoms with Crippen molar-refractivity contribution in [3.63, 3.8) is 0 Å². The summed E-state index contributed by atoms with van der Waals surface area (Å²) in [7, 11) is 0. The zero-order chi connectivity index (χ0) is 17.0. The number of aryl methyl sites for hydroxylation is 1. The van der Waals surface area contributed by atoms with Gasteiger partial charge in [-0.15, -0.1) is 0 Å². The van der Waals surface area contributed by atoms with Gasteiger partial charge < -0.3 is 0 Å². The summed E-state index contributed by atoms with van der Waals surface area (Å²) in [5.74, 6) is 0. The summed E-state index contributed by atoms with van der Waals surface area (Å²) in [4.78, 5) is 2.69. The van der Waals surface area contributed by atoms with Crippen molar-refractivity contribution in [1.29, 1.82) is 5.26 Å². The van der Waals surface area contributed by atoms with Crippen LogP contribution in [0.25, 0.3) is 0 Å². The Bertz CT molecular complexity index is 656. The number of hydrogen-bond acceptors (Lipinski definition) is 2. The molecule has 1 fully saturated rings. The molecule has 3 rings (SSSR count). The predicted molar refractivity (Wildman–Crippen MR) is 99.4 cm³/mol. The highest BCUT2D eigenvalue weighted by molar-refractivity contribution is 5.37. The lowest BCUT2D eigenvalue weighted by molar-refractivity contribution is 0.136. The quantitative estimate of drug-likeness (QED) is 0.749. The number of nitrogens with zero attached hydrogens (tertiary/aromatic N) is 2. The lowest BCUT2D eigenvalue weighted by Crippen LogP contribution is -2.40. The van der Waals surface area contributed by atoms with Crippen LogP contribution in [0.3, 0.4) is 0 Å². The minimum absolute atomic E-state index is 0.133. The molecule has 1 aromatic carbocycles. The van der Waals surface area contributed by atoms with Gasteiger partial charge in [-0.25, -0.2) is 0 Å². The van der Waals surface area contributed by atoms with Gasteiger partial charge in [0.15, 0.2) is 0 Å². The molecule has 0 saturated heterocycles. The summed E-state index contributed by atoms with van der Waals surface area (Å²) < 4.78 is 0. The molecule has 1 saturated carbocycles. The Balaban J connectivity index is 1.73. The molecule has 126 valence electrons. The first-order valence-corrected chi connectivity index (χ1v) is 9.17. The summed E-state index contributed by atoms with van der Waals surface area (Å²) >= 11 is 0. The van der Waals surface area contributed by atoms with E-state index >= 15 is 0 Å². The van der Waals surface area contributed by atoms with Gasteiger partial charge in [-0.2, -0.15) is 5.26 Å². The summed E-state index contributed by atoms with van der Waals surface area (Å²) in [6.07, 6.45) is 12.7. The molecule has 2 aliphatic carbocycles. The van der Waals surface area contributed by atoms with Crippen LogP contribution in [-0.2, 0) is 6.54 Å². The van der Waals surface area contributed by atoms with Crippen LogP contribution in [0.5, 0.6) is 0 Å². The Morgan fingerprint density at radius 3 is 2.50 bits per heavy atom. The highest BCUT2D eigenvalue weighted by Gasteiger charge is 2.30. The molecule has 1 aromatic rings. The van der Waals surface area contributed by atoms with Crippen LogP contribution in [-0.4, -0.2) is 17.5 Å². The number of allylic oxidation sites excluding steroid dienone is 3. The summed E-state index contributed by atoms with van der Waals surface area (Å²) in [6.45, 7) is 6.57. The average molecular weight is 320 g/mol. The van der Waals surface area contributed by atoms with E-state index in [-0.39, 0.29) is 5.41 Å². The van der Waals surface area contributed by atoms with Gasteiger partial charge in [0.1, 0.15) is 0 Å². The summed E-state index contributed by atoms with van der Waals surface area (Å²) in [5.41, 5.74) is 3.67. The van der Waals surface area contributed by atoms with Crippen LogP contribution in [0, 0.1) is 23.7 Å². The number of rotatable bonds is 5. The summed E-state index contributed by atoms with van der Waals surface area (Å²) in [5, 5.41) is 9.05. The first-order valence-electron chi connectivity index (χ1n) is 9.17. The molecule has 0 spiro atoms. The van der Waals surface area contributed by atoms with Crippen molar-refractivity contribution >= 4 is 0 Å². The maximum absolute atomic E-state index is 9.05. The fraction of sp³-hybridized carbons (Fsp3) is 0.500. The number of nitriles is 1. The second-order valence-corrected chi connectivity index (χ2v) is 7.79. The van der Waals surface area contributed by atoms with Gasteiger partial charge in [-0.05, 0) is 37.8 Å². The minimum Gasteiger partial charge on any atom is -0.295 e. The third-order valence-corrected chi connectivity index (χ3v) is 5.49. The van der Waals surface area contributed by atoms with Crippen LogP contribution < -0.4 is 0 Å². The van der Waals surface area contributed by atoms with E-state index in [1.807, 2.05) is 6.08 Å². The van der Waals surface area contributed by atoms with E-state index in [0.29, 0.717) is 6.04 Å². The smallest absolute Gasteiger partial charge is 0.0988 e. The van der Waals surface area contributed by atoms with Crippen molar-refractivity contribution in [3.05, 3.63) is 59.2 Å². The van der Waals surface area contributed by atoms with E-state index in [1.165, 1.54) is 36.8 Å². The Kier molecular flexibility index (Phi) is 5.21.